The van der Waals surface area contributed by atoms with E-state index in [0.717, 1.165) is 12.8 Å². The standard InChI is InChI=1S/C14H20N2O3/c1-18-14(17)12-6-3-7-16-13(12)19-9-11-5-2-4-10(11)8-15/h3,6-7,10-11H,2,4-5,8-9,15H2,1H3. The molecule has 2 N–H and O–H groups in total. The van der Waals surface area contributed by atoms with Gasteiger partial charge in [-0.25, -0.2) is 9.78 Å². The van der Waals surface area contributed by atoms with E-state index in [-0.39, 0.29) is 0 Å². The fourth-order valence-electron chi connectivity index (χ4n) is 2.60. The van der Waals surface area contributed by atoms with Crippen molar-refractivity contribution in [2.24, 2.45) is 17.6 Å². The number of esters is 1. The lowest BCUT2D eigenvalue weighted by atomic mass is 9.97. The molecule has 0 amide bonds. The number of nitrogens with two attached hydrogens (primary N) is 1. The van der Waals surface area contributed by atoms with Gasteiger partial charge in [0.1, 0.15) is 5.56 Å². The average molecular weight is 264 g/mol. The summed E-state index contributed by atoms with van der Waals surface area (Å²) in [6.45, 7) is 1.25. The molecular weight excluding hydrogens is 244 g/mol. The smallest absolute Gasteiger partial charge is 0.343 e. The number of nitrogens with zero attached hydrogens (tertiary/aromatic N) is 1. The van der Waals surface area contributed by atoms with Crippen LogP contribution in [0, 0.1) is 11.8 Å². The van der Waals surface area contributed by atoms with Crippen molar-refractivity contribution >= 4 is 5.97 Å². The Kier molecular flexibility index (Phi) is 4.74. The Balaban J connectivity index is 2.01. The molecule has 0 radical (unpaired) electrons. The van der Waals surface area contributed by atoms with Crippen molar-refractivity contribution in [2.45, 2.75) is 19.3 Å². The molecule has 0 aliphatic heterocycles. The molecule has 1 aliphatic rings. The van der Waals surface area contributed by atoms with Crippen LogP contribution in [0.25, 0.3) is 0 Å². The van der Waals surface area contributed by atoms with Crippen LogP contribution in [0.2, 0.25) is 0 Å². The first-order valence-electron chi connectivity index (χ1n) is 6.62. The zero-order chi connectivity index (χ0) is 13.7. The van der Waals surface area contributed by atoms with Crippen molar-refractivity contribution in [1.82, 2.24) is 4.98 Å². The number of pyridine rings is 1. The Hall–Kier alpha value is -1.62. The number of ether oxygens (including phenoxy) is 2. The summed E-state index contributed by atoms with van der Waals surface area (Å²) in [4.78, 5) is 15.7. The number of aromatic nitrogens is 1. The molecule has 104 valence electrons. The van der Waals surface area contributed by atoms with Gasteiger partial charge in [0.05, 0.1) is 13.7 Å². The summed E-state index contributed by atoms with van der Waals surface area (Å²) in [6.07, 6.45) is 5.09. The van der Waals surface area contributed by atoms with E-state index >= 15 is 0 Å². The maximum atomic E-state index is 11.6. The van der Waals surface area contributed by atoms with Crippen molar-refractivity contribution in [1.29, 1.82) is 0 Å². The van der Waals surface area contributed by atoms with E-state index in [9.17, 15) is 4.79 Å². The Morgan fingerprint density at radius 3 is 3.00 bits per heavy atom. The van der Waals surface area contributed by atoms with Crippen LogP contribution < -0.4 is 10.5 Å². The van der Waals surface area contributed by atoms with Crippen LogP contribution in [0.15, 0.2) is 18.3 Å². The number of rotatable bonds is 5. The van der Waals surface area contributed by atoms with Crippen LogP contribution in [0.1, 0.15) is 29.6 Å². The Morgan fingerprint density at radius 2 is 2.26 bits per heavy atom. The van der Waals surface area contributed by atoms with E-state index in [2.05, 4.69) is 4.98 Å². The van der Waals surface area contributed by atoms with E-state index in [1.165, 1.54) is 13.5 Å². The van der Waals surface area contributed by atoms with Gasteiger partial charge >= 0.3 is 5.97 Å². The summed E-state index contributed by atoms with van der Waals surface area (Å²) in [7, 11) is 1.35. The second-order valence-electron chi connectivity index (χ2n) is 4.85. The minimum absolute atomic E-state index is 0.344. The SMILES string of the molecule is COC(=O)c1cccnc1OCC1CCCC1CN. The van der Waals surface area contributed by atoms with Crippen LogP contribution in [-0.4, -0.2) is 31.2 Å². The molecule has 2 unspecified atom stereocenters. The highest BCUT2D eigenvalue weighted by Gasteiger charge is 2.27. The third-order valence-electron chi connectivity index (χ3n) is 3.73. The minimum atomic E-state index is -0.426. The van der Waals surface area contributed by atoms with Gasteiger partial charge in [-0.1, -0.05) is 6.42 Å². The highest BCUT2D eigenvalue weighted by molar-refractivity contribution is 5.91. The first-order valence-corrected chi connectivity index (χ1v) is 6.62. The molecule has 1 aromatic heterocycles. The van der Waals surface area contributed by atoms with Gasteiger partial charge in [0, 0.05) is 6.20 Å². The lowest BCUT2D eigenvalue weighted by Crippen LogP contribution is -2.24. The minimum Gasteiger partial charge on any atom is -0.477 e. The van der Waals surface area contributed by atoms with E-state index in [0.29, 0.717) is 36.4 Å². The predicted molar refractivity (Wildman–Crippen MR) is 71.0 cm³/mol. The molecule has 0 saturated heterocycles. The number of carbonyl (C=O) groups excluding carboxylic acids is 1. The van der Waals surface area contributed by atoms with Gasteiger partial charge in [0.15, 0.2) is 0 Å². The van der Waals surface area contributed by atoms with Gasteiger partial charge in [-0.05, 0) is 43.4 Å². The van der Waals surface area contributed by atoms with Gasteiger partial charge in [-0.3, -0.25) is 0 Å². The van der Waals surface area contributed by atoms with Gasteiger partial charge in [0.25, 0.3) is 0 Å². The van der Waals surface area contributed by atoms with E-state index in [1.807, 2.05) is 0 Å². The molecule has 0 aromatic carbocycles. The van der Waals surface area contributed by atoms with Gasteiger partial charge in [-0.2, -0.15) is 0 Å². The molecule has 5 heteroatoms. The fourth-order valence-corrected chi connectivity index (χ4v) is 2.60. The van der Waals surface area contributed by atoms with Crippen LogP contribution in [0.5, 0.6) is 5.88 Å². The molecule has 5 nitrogen and oxygen atoms in total. The second-order valence-corrected chi connectivity index (χ2v) is 4.85. The predicted octanol–water partition coefficient (Wildman–Crippen LogP) is 1.62. The molecule has 1 saturated carbocycles. The van der Waals surface area contributed by atoms with Crippen LogP contribution >= 0.6 is 0 Å². The Labute approximate surface area is 113 Å². The topological polar surface area (TPSA) is 74.4 Å². The highest BCUT2D eigenvalue weighted by atomic mass is 16.5. The van der Waals surface area contributed by atoms with Gasteiger partial charge in [0.2, 0.25) is 5.88 Å². The Morgan fingerprint density at radius 1 is 1.47 bits per heavy atom. The first-order chi connectivity index (χ1) is 9.26. The summed E-state index contributed by atoms with van der Waals surface area (Å²) < 4.78 is 10.4. The second kappa shape index (κ2) is 6.52. The maximum absolute atomic E-state index is 11.6. The summed E-state index contributed by atoms with van der Waals surface area (Å²) >= 11 is 0. The quantitative estimate of drug-likeness (QED) is 0.818. The van der Waals surface area contributed by atoms with Crippen LogP contribution in [0.4, 0.5) is 0 Å². The van der Waals surface area contributed by atoms with E-state index in [4.69, 9.17) is 15.2 Å². The number of carbonyl (C=O) groups is 1. The molecule has 1 aromatic rings. The van der Waals surface area contributed by atoms with Crippen molar-refractivity contribution in [3.05, 3.63) is 23.9 Å². The number of hydrogen-bond acceptors (Lipinski definition) is 5. The van der Waals surface area contributed by atoms with Crippen molar-refractivity contribution in [2.75, 3.05) is 20.3 Å². The molecule has 0 bridgehead atoms. The van der Waals surface area contributed by atoms with Crippen molar-refractivity contribution in [3.8, 4) is 5.88 Å². The molecule has 2 rings (SSSR count). The normalized spacial score (nSPS) is 22.2. The lowest BCUT2D eigenvalue weighted by Gasteiger charge is -2.18. The summed E-state index contributed by atoms with van der Waals surface area (Å²) in [5.41, 5.74) is 6.12. The average Bonchev–Trinajstić information content (AvgIpc) is 2.92. The summed E-state index contributed by atoms with van der Waals surface area (Å²) in [5, 5.41) is 0. The molecule has 0 spiro atoms. The third kappa shape index (κ3) is 3.23. The van der Waals surface area contributed by atoms with E-state index < -0.39 is 5.97 Å². The van der Waals surface area contributed by atoms with Crippen LogP contribution in [-0.2, 0) is 4.74 Å². The fraction of sp³-hybridized carbons (Fsp3) is 0.571. The zero-order valence-electron chi connectivity index (χ0n) is 11.2. The molecule has 1 aliphatic carbocycles. The molecule has 19 heavy (non-hydrogen) atoms. The summed E-state index contributed by atoms with van der Waals surface area (Å²) in [6, 6.07) is 3.35. The monoisotopic (exact) mass is 264 g/mol. The lowest BCUT2D eigenvalue weighted by molar-refractivity contribution is 0.0593. The Bertz CT molecular complexity index is 436. The third-order valence-corrected chi connectivity index (χ3v) is 3.73. The van der Waals surface area contributed by atoms with Crippen LogP contribution in [0.3, 0.4) is 0 Å². The first kappa shape index (κ1) is 13.8. The summed E-state index contributed by atoms with van der Waals surface area (Å²) in [5.74, 6) is 0.893. The zero-order valence-corrected chi connectivity index (χ0v) is 11.2. The number of methoxy groups -OCH3 is 1. The maximum Gasteiger partial charge on any atom is 0.343 e. The van der Waals surface area contributed by atoms with Gasteiger partial charge in [-0.15, -0.1) is 0 Å². The molecular formula is C14H20N2O3. The van der Waals surface area contributed by atoms with E-state index in [1.54, 1.807) is 18.3 Å². The number of hydrogen-bond donors (Lipinski definition) is 1. The van der Waals surface area contributed by atoms with Crippen molar-refractivity contribution in [3.63, 3.8) is 0 Å². The van der Waals surface area contributed by atoms with Crippen molar-refractivity contribution < 1.29 is 14.3 Å². The molecule has 1 fully saturated rings. The molecule has 2 atom stereocenters. The van der Waals surface area contributed by atoms with Gasteiger partial charge < -0.3 is 15.2 Å². The largest absolute Gasteiger partial charge is 0.477 e. The molecule has 1 heterocycles. The highest BCUT2D eigenvalue weighted by Crippen LogP contribution is 2.31.